The van der Waals surface area contributed by atoms with Gasteiger partial charge in [-0.05, 0) is 23.8 Å². The second kappa shape index (κ2) is 2.37. The summed E-state index contributed by atoms with van der Waals surface area (Å²) in [7, 11) is 0. The predicted molar refractivity (Wildman–Crippen MR) is 48.3 cm³/mol. The molecule has 0 spiro atoms. The maximum Gasteiger partial charge on any atom is -0.0131 e. The molecule has 0 radical (unpaired) electrons. The summed E-state index contributed by atoms with van der Waals surface area (Å²) in [5.74, 6) is 1.74. The molecule has 2 aliphatic rings. The van der Waals surface area contributed by atoms with E-state index < -0.39 is 0 Å². The van der Waals surface area contributed by atoms with Gasteiger partial charge in [0.05, 0.1) is 0 Å². The number of hydrogen-bond acceptors (Lipinski definition) is 0. The molecule has 2 rings (SSSR count). The Morgan fingerprint density at radius 2 is 1.91 bits per heavy atom. The van der Waals surface area contributed by atoms with Crippen LogP contribution in [0.5, 0.6) is 0 Å². The van der Waals surface area contributed by atoms with Gasteiger partial charge in [-0.3, -0.25) is 0 Å². The molecule has 0 aromatic heterocycles. The molecule has 58 valence electrons. The molecule has 0 amide bonds. The Bertz CT molecular complexity index is 239. The van der Waals surface area contributed by atoms with Gasteiger partial charge in [0.1, 0.15) is 0 Å². The zero-order chi connectivity index (χ0) is 7.84. The van der Waals surface area contributed by atoms with Gasteiger partial charge in [-0.2, -0.15) is 0 Å². The maximum atomic E-state index is 2.33. The second-order valence-corrected chi connectivity index (χ2v) is 3.43. The third kappa shape index (κ3) is 0.973. The molecule has 0 heteroatoms. The summed E-state index contributed by atoms with van der Waals surface area (Å²) in [4.78, 5) is 0. The molecule has 11 heavy (non-hydrogen) atoms. The second-order valence-electron chi connectivity index (χ2n) is 3.43. The van der Waals surface area contributed by atoms with Gasteiger partial charge in [-0.15, -0.1) is 0 Å². The van der Waals surface area contributed by atoms with Crippen molar-refractivity contribution in [2.75, 3.05) is 0 Å². The van der Waals surface area contributed by atoms with E-state index in [1.54, 1.807) is 5.57 Å². The van der Waals surface area contributed by atoms with Gasteiger partial charge >= 0.3 is 0 Å². The molecule has 0 aromatic carbocycles. The average molecular weight is 146 g/mol. The van der Waals surface area contributed by atoms with E-state index in [0.29, 0.717) is 0 Å². The van der Waals surface area contributed by atoms with E-state index in [9.17, 15) is 0 Å². The van der Waals surface area contributed by atoms with Crippen LogP contribution in [0.2, 0.25) is 0 Å². The van der Waals surface area contributed by atoms with Crippen LogP contribution < -0.4 is 0 Å². The van der Waals surface area contributed by atoms with Gasteiger partial charge in [0, 0.05) is 0 Å². The Hall–Kier alpha value is -0.780. The molecule has 0 saturated heterocycles. The largest absolute Gasteiger partial charge is 0.0648 e. The minimum absolute atomic E-state index is 0.849. The molecule has 0 N–H and O–H groups in total. The minimum atomic E-state index is 0.849. The highest BCUT2D eigenvalue weighted by Gasteiger charge is 2.39. The summed E-state index contributed by atoms with van der Waals surface area (Å²) in [5, 5.41) is 0. The van der Waals surface area contributed by atoms with Crippen LogP contribution in [0.4, 0.5) is 0 Å². The van der Waals surface area contributed by atoms with E-state index in [1.165, 1.54) is 12.0 Å². The first-order chi connectivity index (χ1) is 5.34. The molecule has 0 aromatic rings. The van der Waals surface area contributed by atoms with Crippen molar-refractivity contribution in [3.8, 4) is 0 Å². The third-order valence-electron chi connectivity index (χ3n) is 2.82. The van der Waals surface area contributed by atoms with Crippen LogP contribution in [0.1, 0.15) is 20.3 Å². The van der Waals surface area contributed by atoms with Crippen molar-refractivity contribution in [1.82, 2.24) is 0 Å². The summed E-state index contributed by atoms with van der Waals surface area (Å²) in [5.41, 5.74) is 3.15. The highest BCUT2D eigenvalue weighted by atomic mass is 14.4. The van der Waals surface area contributed by atoms with Crippen LogP contribution in [-0.2, 0) is 0 Å². The summed E-state index contributed by atoms with van der Waals surface area (Å²) in [6.07, 6.45) is 10.0. The fourth-order valence-corrected chi connectivity index (χ4v) is 2.08. The Labute approximate surface area is 68.3 Å². The van der Waals surface area contributed by atoms with Gasteiger partial charge in [-0.25, -0.2) is 0 Å². The van der Waals surface area contributed by atoms with Crippen molar-refractivity contribution in [2.45, 2.75) is 20.3 Å². The van der Waals surface area contributed by atoms with Crippen molar-refractivity contribution >= 4 is 0 Å². The molecule has 0 nitrogen and oxygen atoms in total. The lowest BCUT2D eigenvalue weighted by Gasteiger charge is -1.86. The highest BCUT2D eigenvalue weighted by Crippen LogP contribution is 2.50. The molecule has 0 bridgehead atoms. The Morgan fingerprint density at radius 1 is 1.27 bits per heavy atom. The van der Waals surface area contributed by atoms with Gasteiger partial charge in [0.25, 0.3) is 0 Å². The van der Waals surface area contributed by atoms with Crippen LogP contribution in [0.25, 0.3) is 0 Å². The standard InChI is InChI=1S/C11H14/c1-3-10-8(2)11(10)9-6-4-5-7-9/h4-8,10H,3H2,1-2H3/t8-,10-/m1/s1. The van der Waals surface area contributed by atoms with Crippen LogP contribution in [-0.4, -0.2) is 0 Å². The fraction of sp³-hybridized carbons (Fsp3) is 0.455. The van der Waals surface area contributed by atoms with E-state index >= 15 is 0 Å². The topological polar surface area (TPSA) is 0 Å². The van der Waals surface area contributed by atoms with Gasteiger partial charge in [0.15, 0.2) is 0 Å². The number of allylic oxidation sites excluding steroid dienone is 6. The third-order valence-corrected chi connectivity index (χ3v) is 2.82. The molecule has 1 fully saturated rings. The number of rotatable bonds is 1. The zero-order valence-electron chi connectivity index (χ0n) is 7.17. The highest BCUT2D eigenvalue weighted by molar-refractivity contribution is 5.50. The van der Waals surface area contributed by atoms with E-state index in [4.69, 9.17) is 0 Å². The summed E-state index contributed by atoms with van der Waals surface area (Å²) in [6, 6.07) is 0. The van der Waals surface area contributed by atoms with Crippen LogP contribution in [0, 0.1) is 11.8 Å². The lowest BCUT2D eigenvalue weighted by atomic mass is 10.2. The quantitative estimate of drug-likeness (QED) is 0.533. The number of hydrogen-bond donors (Lipinski definition) is 0. The molecule has 2 aliphatic carbocycles. The first kappa shape index (κ1) is 6.90. The normalized spacial score (nSPS) is 33.6. The monoisotopic (exact) mass is 146 g/mol. The smallest absolute Gasteiger partial charge is 0.0131 e. The molecular formula is C11H14. The molecule has 0 aliphatic heterocycles. The van der Waals surface area contributed by atoms with Crippen LogP contribution >= 0.6 is 0 Å². The fourth-order valence-electron chi connectivity index (χ4n) is 2.08. The van der Waals surface area contributed by atoms with Gasteiger partial charge in [-0.1, -0.05) is 43.7 Å². The van der Waals surface area contributed by atoms with E-state index in [-0.39, 0.29) is 0 Å². The van der Waals surface area contributed by atoms with Crippen molar-refractivity contribution in [1.29, 1.82) is 0 Å². The minimum Gasteiger partial charge on any atom is -0.0648 e. The van der Waals surface area contributed by atoms with Crippen molar-refractivity contribution < 1.29 is 0 Å². The zero-order valence-corrected chi connectivity index (χ0v) is 7.17. The summed E-state index contributed by atoms with van der Waals surface area (Å²) >= 11 is 0. The molecule has 0 heterocycles. The maximum absolute atomic E-state index is 2.33. The van der Waals surface area contributed by atoms with E-state index in [0.717, 1.165) is 11.8 Å². The van der Waals surface area contributed by atoms with Crippen LogP contribution in [0.3, 0.4) is 0 Å². The van der Waals surface area contributed by atoms with Crippen LogP contribution in [0.15, 0.2) is 35.5 Å². The van der Waals surface area contributed by atoms with E-state index in [1.807, 2.05) is 0 Å². The molecule has 2 atom stereocenters. The summed E-state index contributed by atoms with van der Waals surface area (Å²) < 4.78 is 0. The first-order valence-corrected chi connectivity index (χ1v) is 4.43. The SMILES string of the molecule is CC[C@H]1C(=C2C=CC=C2)[C@@H]1C. The lowest BCUT2D eigenvalue weighted by molar-refractivity contribution is 0.727. The Balaban J connectivity index is 2.24. The summed E-state index contributed by atoms with van der Waals surface area (Å²) in [6.45, 7) is 4.60. The van der Waals surface area contributed by atoms with Crippen molar-refractivity contribution in [3.05, 3.63) is 35.5 Å². The van der Waals surface area contributed by atoms with E-state index in [2.05, 4.69) is 38.2 Å². The average Bonchev–Trinajstić information content (AvgIpc) is 2.53. The molecular weight excluding hydrogens is 132 g/mol. The Kier molecular flexibility index (Phi) is 1.49. The van der Waals surface area contributed by atoms with Gasteiger partial charge < -0.3 is 0 Å². The van der Waals surface area contributed by atoms with Gasteiger partial charge in [0.2, 0.25) is 0 Å². The van der Waals surface area contributed by atoms with Crippen molar-refractivity contribution in [2.24, 2.45) is 11.8 Å². The van der Waals surface area contributed by atoms with Crippen molar-refractivity contribution in [3.63, 3.8) is 0 Å². The molecule has 0 unspecified atom stereocenters. The first-order valence-electron chi connectivity index (χ1n) is 4.43. The lowest BCUT2D eigenvalue weighted by Crippen LogP contribution is -1.70. The molecule has 1 saturated carbocycles. The predicted octanol–water partition coefficient (Wildman–Crippen LogP) is 3.08. The Morgan fingerprint density at radius 3 is 2.36 bits per heavy atom.